The van der Waals surface area contributed by atoms with Crippen molar-refractivity contribution in [2.75, 3.05) is 15.4 Å². The number of benzene rings is 3. The van der Waals surface area contributed by atoms with Crippen molar-refractivity contribution >= 4 is 39.1 Å². The maximum Gasteiger partial charge on any atom is 0.268 e. The van der Waals surface area contributed by atoms with E-state index in [0.717, 1.165) is 33.5 Å². The van der Waals surface area contributed by atoms with E-state index in [2.05, 4.69) is 15.3 Å². The molecule has 1 aliphatic rings. The lowest BCUT2D eigenvalue weighted by Gasteiger charge is -2.31. The molecule has 3 aromatic carbocycles. The van der Waals surface area contributed by atoms with Crippen LogP contribution in [0.1, 0.15) is 27.8 Å². The molecule has 1 aliphatic heterocycles. The first-order valence-electron chi connectivity index (χ1n) is 12.2. The van der Waals surface area contributed by atoms with Crippen molar-refractivity contribution in [1.29, 1.82) is 0 Å². The van der Waals surface area contributed by atoms with Gasteiger partial charge in [-0.25, -0.2) is 18.4 Å². The molecule has 0 bridgehead atoms. The second-order valence-electron chi connectivity index (χ2n) is 9.43. The average molecular weight is 545 g/mol. The summed E-state index contributed by atoms with van der Waals surface area (Å²) in [4.78, 5) is 21.7. The van der Waals surface area contributed by atoms with Crippen LogP contribution in [0, 0.1) is 27.7 Å². The molecule has 9 heteroatoms. The third kappa shape index (κ3) is 4.91. The zero-order chi connectivity index (χ0) is 27.0. The van der Waals surface area contributed by atoms with Gasteiger partial charge >= 0.3 is 0 Å². The number of nitrogens with one attached hydrogen (secondary N) is 1. The minimum atomic E-state index is -3.89. The second kappa shape index (κ2) is 10.2. The highest BCUT2D eigenvalue weighted by Crippen LogP contribution is 2.43. The van der Waals surface area contributed by atoms with Crippen LogP contribution in [0.4, 0.5) is 11.4 Å². The molecule has 4 aromatic rings. The first-order valence-corrected chi connectivity index (χ1v) is 14.6. The minimum Gasteiger partial charge on any atom is -0.325 e. The monoisotopic (exact) mass is 544 g/mol. The number of anilines is 2. The highest BCUT2D eigenvalue weighted by Gasteiger charge is 2.36. The third-order valence-corrected chi connectivity index (χ3v) is 9.20. The molecule has 1 N–H and O–H groups in total. The smallest absolute Gasteiger partial charge is 0.268 e. The molecular formula is C29H28N4O3S2. The Bertz CT molecular complexity index is 1650. The molecule has 1 amide bonds. The predicted molar refractivity (Wildman–Crippen MR) is 152 cm³/mol. The number of nitrogens with zero attached hydrogens (tertiary/aromatic N) is 3. The van der Waals surface area contributed by atoms with Crippen molar-refractivity contribution in [3.63, 3.8) is 0 Å². The summed E-state index contributed by atoms with van der Waals surface area (Å²) < 4.78 is 28.9. The quantitative estimate of drug-likeness (QED) is 0.243. The first-order chi connectivity index (χ1) is 18.1. The topological polar surface area (TPSA) is 92.3 Å². The van der Waals surface area contributed by atoms with Crippen LogP contribution in [0.3, 0.4) is 0 Å². The van der Waals surface area contributed by atoms with Crippen LogP contribution in [-0.4, -0.2) is 30.0 Å². The van der Waals surface area contributed by atoms with Crippen molar-refractivity contribution in [1.82, 2.24) is 9.97 Å². The molecule has 194 valence electrons. The van der Waals surface area contributed by atoms with E-state index in [9.17, 15) is 13.2 Å². The summed E-state index contributed by atoms with van der Waals surface area (Å²) in [5.41, 5.74) is 7.53. The molecule has 0 radical (unpaired) electrons. The number of thioether (sulfide) groups is 1. The van der Waals surface area contributed by atoms with Crippen LogP contribution in [0.15, 0.2) is 76.9 Å². The van der Waals surface area contributed by atoms with Gasteiger partial charge in [-0.15, -0.1) is 0 Å². The normalized spacial score (nSPS) is 13.5. The van der Waals surface area contributed by atoms with E-state index in [1.54, 1.807) is 6.07 Å². The maximum absolute atomic E-state index is 13.7. The average Bonchev–Trinajstić information content (AvgIpc) is 2.88. The van der Waals surface area contributed by atoms with Crippen LogP contribution < -0.4 is 9.62 Å². The summed E-state index contributed by atoms with van der Waals surface area (Å²) in [7, 11) is -3.89. The SMILES string of the molecule is Cc1cc(C)c(NC(=O)CSc2ncc3c(n2)-c2ccccc2N(Cc2ccccc2C)S3(=O)=O)c(C)c1. The summed E-state index contributed by atoms with van der Waals surface area (Å²) in [6.07, 6.45) is 1.35. The van der Waals surface area contributed by atoms with Crippen LogP contribution in [0.5, 0.6) is 0 Å². The summed E-state index contributed by atoms with van der Waals surface area (Å²) in [5.74, 6) is -0.0805. The fourth-order valence-electron chi connectivity index (χ4n) is 4.74. The van der Waals surface area contributed by atoms with Crippen LogP contribution >= 0.6 is 11.8 Å². The Morgan fingerprint density at radius 2 is 1.63 bits per heavy atom. The van der Waals surface area contributed by atoms with E-state index < -0.39 is 10.0 Å². The number of para-hydroxylation sites is 1. The van der Waals surface area contributed by atoms with Gasteiger partial charge in [0.2, 0.25) is 5.91 Å². The van der Waals surface area contributed by atoms with Crippen molar-refractivity contribution in [3.8, 4) is 11.3 Å². The van der Waals surface area contributed by atoms with Gasteiger partial charge in [-0.1, -0.05) is 71.9 Å². The molecule has 0 saturated carbocycles. The number of hydrogen-bond donors (Lipinski definition) is 1. The van der Waals surface area contributed by atoms with Crippen molar-refractivity contribution in [2.45, 2.75) is 44.3 Å². The molecule has 0 unspecified atom stereocenters. The van der Waals surface area contributed by atoms with Gasteiger partial charge in [0, 0.05) is 11.3 Å². The highest BCUT2D eigenvalue weighted by atomic mass is 32.2. The van der Waals surface area contributed by atoms with Crippen LogP contribution in [0.2, 0.25) is 0 Å². The van der Waals surface area contributed by atoms with E-state index in [4.69, 9.17) is 0 Å². The molecule has 0 spiro atoms. The Morgan fingerprint density at radius 1 is 0.947 bits per heavy atom. The number of hydrogen-bond acceptors (Lipinski definition) is 6. The molecule has 2 heterocycles. The lowest BCUT2D eigenvalue weighted by atomic mass is 10.1. The van der Waals surface area contributed by atoms with Gasteiger partial charge in [0.25, 0.3) is 10.0 Å². The Morgan fingerprint density at radius 3 is 2.37 bits per heavy atom. The number of rotatable bonds is 6. The van der Waals surface area contributed by atoms with Gasteiger partial charge in [-0.05, 0) is 56.0 Å². The number of aromatic nitrogens is 2. The molecule has 1 aromatic heterocycles. The number of amides is 1. The summed E-state index contributed by atoms with van der Waals surface area (Å²) in [6.45, 7) is 8.14. The first kappa shape index (κ1) is 25.9. The Hall–Kier alpha value is -3.69. The van der Waals surface area contributed by atoms with Gasteiger partial charge in [-0.3, -0.25) is 9.10 Å². The molecule has 0 atom stereocenters. The van der Waals surface area contributed by atoms with E-state index in [0.29, 0.717) is 22.1 Å². The summed E-state index contributed by atoms with van der Waals surface area (Å²) in [5, 5.41) is 3.32. The molecule has 0 aliphatic carbocycles. The Labute approximate surface area is 227 Å². The molecule has 38 heavy (non-hydrogen) atoms. The molecule has 0 fully saturated rings. The predicted octanol–water partition coefficient (Wildman–Crippen LogP) is 5.82. The van der Waals surface area contributed by atoms with Crippen LogP contribution in [-0.2, 0) is 21.4 Å². The lowest BCUT2D eigenvalue weighted by molar-refractivity contribution is -0.113. The highest BCUT2D eigenvalue weighted by molar-refractivity contribution is 7.99. The fourth-order valence-corrected chi connectivity index (χ4v) is 6.91. The lowest BCUT2D eigenvalue weighted by Crippen LogP contribution is -2.34. The van der Waals surface area contributed by atoms with Crippen molar-refractivity contribution in [3.05, 3.63) is 94.7 Å². The summed E-state index contributed by atoms with van der Waals surface area (Å²) in [6, 6.07) is 19.1. The fraction of sp³-hybridized carbons (Fsp3) is 0.207. The second-order valence-corrected chi connectivity index (χ2v) is 12.2. The summed E-state index contributed by atoms with van der Waals surface area (Å²) >= 11 is 1.17. The van der Waals surface area contributed by atoms with E-state index in [1.807, 2.05) is 82.3 Å². The van der Waals surface area contributed by atoms with Gasteiger partial charge < -0.3 is 5.32 Å². The number of aryl methyl sites for hydroxylation is 4. The van der Waals surface area contributed by atoms with Gasteiger partial charge in [-0.2, -0.15) is 0 Å². The van der Waals surface area contributed by atoms with Crippen molar-refractivity contribution < 1.29 is 13.2 Å². The number of carbonyl (C=O) groups excluding carboxylic acids is 1. The number of carbonyl (C=O) groups is 1. The molecule has 7 nitrogen and oxygen atoms in total. The number of sulfonamides is 1. The van der Waals surface area contributed by atoms with Crippen LogP contribution in [0.25, 0.3) is 11.3 Å². The largest absolute Gasteiger partial charge is 0.325 e. The van der Waals surface area contributed by atoms with E-state index in [-0.39, 0.29) is 23.1 Å². The number of fused-ring (bicyclic) bond motifs is 3. The third-order valence-electron chi connectivity index (χ3n) is 6.58. The van der Waals surface area contributed by atoms with E-state index in [1.165, 1.54) is 22.3 Å². The zero-order valence-corrected chi connectivity index (χ0v) is 23.3. The van der Waals surface area contributed by atoms with Gasteiger partial charge in [0.15, 0.2) is 5.16 Å². The van der Waals surface area contributed by atoms with Crippen molar-refractivity contribution in [2.24, 2.45) is 0 Å². The molecule has 0 saturated heterocycles. The van der Waals surface area contributed by atoms with E-state index >= 15 is 0 Å². The minimum absolute atomic E-state index is 0.0597. The molecule has 5 rings (SSSR count). The standard InChI is InChI=1S/C29H28N4O3S2/c1-18-13-20(3)27(21(4)14-18)31-26(34)17-37-29-30-15-25-28(32-29)23-11-7-8-12-24(23)33(38(25,35)36)16-22-10-6-5-9-19(22)2/h5-15H,16-17H2,1-4H3,(H,31,34). The zero-order valence-electron chi connectivity index (χ0n) is 21.6. The Kier molecular flexibility index (Phi) is 6.98. The maximum atomic E-state index is 13.7. The van der Waals surface area contributed by atoms with Gasteiger partial charge in [0.1, 0.15) is 4.90 Å². The Balaban J connectivity index is 1.41. The molecular weight excluding hydrogens is 516 g/mol. The van der Waals surface area contributed by atoms with Gasteiger partial charge in [0.05, 0.1) is 29.9 Å².